The smallest absolute Gasteiger partial charge is 0.335 e. The van der Waals surface area contributed by atoms with E-state index >= 15 is 0 Å². The molecule has 4 heteroatoms. The summed E-state index contributed by atoms with van der Waals surface area (Å²) in [5.41, 5.74) is 9.72. The molecule has 1 N–H and O–H groups in total. The number of para-hydroxylation sites is 1. The molecule has 0 aliphatic carbocycles. The van der Waals surface area contributed by atoms with Gasteiger partial charge in [0.05, 0.1) is 5.56 Å². The monoisotopic (exact) mass is 821 g/mol. The lowest BCUT2D eigenvalue weighted by Gasteiger charge is -2.22. The van der Waals surface area contributed by atoms with E-state index in [4.69, 9.17) is 5.11 Å². The number of benzene rings is 4. The van der Waals surface area contributed by atoms with E-state index in [1.165, 1.54) is 183 Å². The van der Waals surface area contributed by atoms with Crippen LogP contribution in [0.2, 0.25) is 0 Å². The lowest BCUT2D eigenvalue weighted by molar-refractivity contribution is -0.268. The molecule has 0 unspecified atom stereocenters. The van der Waals surface area contributed by atoms with E-state index < -0.39 is 11.7 Å². The lowest BCUT2D eigenvalue weighted by atomic mass is 9.95. The predicted molar refractivity (Wildman–Crippen MR) is 254 cm³/mol. The van der Waals surface area contributed by atoms with Gasteiger partial charge in [0, 0.05) is 22.3 Å². The third-order valence-electron chi connectivity index (χ3n) is 11.4. The maximum Gasteiger partial charge on any atom is 0.335 e. The highest BCUT2D eigenvalue weighted by Gasteiger charge is 2.38. The fourth-order valence-corrected chi connectivity index (χ4v) is 11.0. The van der Waals surface area contributed by atoms with Crippen LogP contribution in [-0.2, 0) is 49.4 Å². The fraction of sp³-hybridized carbons (Fsp3) is 0.545. The third-order valence-corrected chi connectivity index (χ3v) is 14.1. The normalized spacial score (nSPS) is 11.2. The minimum Gasteiger partial charge on any atom is -0.872 e. The van der Waals surface area contributed by atoms with Crippen LogP contribution in [0.1, 0.15) is 201 Å². The minimum atomic E-state index is -1.18. The van der Waals surface area contributed by atoms with Gasteiger partial charge in [-0.1, -0.05) is 185 Å². The molecule has 4 aromatic rings. The number of rotatable bonds is 28. The molecular formula is C55H80O3S. The van der Waals surface area contributed by atoms with Crippen LogP contribution in [0.5, 0.6) is 5.75 Å². The van der Waals surface area contributed by atoms with Crippen LogP contribution in [0.3, 0.4) is 0 Å². The van der Waals surface area contributed by atoms with E-state index in [1.54, 1.807) is 43.2 Å². The van der Waals surface area contributed by atoms with Crippen molar-refractivity contribution in [2.24, 2.45) is 0 Å². The quantitative estimate of drug-likeness (QED) is 0.0459. The van der Waals surface area contributed by atoms with Gasteiger partial charge in [0.25, 0.3) is 0 Å². The SMILES string of the molecule is CCCCCc1cc(CCCCC)c([S+](c2ccccc2)c2c(CCCCC)cc(CCCCC)cc2CCCCC)c(CCCCC)c1.O=C(O)c1ccccc1[O-]. The van der Waals surface area contributed by atoms with Gasteiger partial charge in [-0.05, 0) is 106 Å². The average Bonchev–Trinajstić information content (AvgIpc) is 3.23. The first-order valence-corrected chi connectivity index (χ1v) is 25.1. The maximum absolute atomic E-state index is 10.7. The molecular weight excluding hydrogens is 741 g/mol. The summed E-state index contributed by atoms with van der Waals surface area (Å²) >= 11 is 0. The van der Waals surface area contributed by atoms with Crippen molar-refractivity contribution in [3.8, 4) is 5.75 Å². The number of hydrogen-bond acceptors (Lipinski definition) is 2. The van der Waals surface area contributed by atoms with Gasteiger partial charge >= 0.3 is 5.97 Å². The van der Waals surface area contributed by atoms with Crippen molar-refractivity contribution in [3.05, 3.63) is 118 Å². The van der Waals surface area contributed by atoms with Gasteiger partial charge in [-0.15, -0.1) is 0 Å². The van der Waals surface area contributed by atoms with Gasteiger partial charge in [-0.3, -0.25) is 0 Å². The molecule has 0 aromatic heterocycles. The Labute approximate surface area is 364 Å². The topological polar surface area (TPSA) is 60.4 Å². The zero-order chi connectivity index (χ0) is 42.7. The summed E-state index contributed by atoms with van der Waals surface area (Å²) < 4.78 is 0. The Kier molecular flexibility index (Phi) is 25.1. The van der Waals surface area contributed by atoms with Crippen LogP contribution in [0.4, 0.5) is 0 Å². The van der Waals surface area contributed by atoms with Crippen molar-refractivity contribution in [2.45, 2.75) is 210 Å². The van der Waals surface area contributed by atoms with Gasteiger partial charge < -0.3 is 10.2 Å². The van der Waals surface area contributed by atoms with E-state index in [1.807, 2.05) is 0 Å². The Hall–Kier alpha value is -3.50. The second-order valence-corrected chi connectivity index (χ2v) is 18.5. The Morgan fingerprint density at radius 1 is 0.458 bits per heavy atom. The van der Waals surface area contributed by atoms with E-state index in [-0.39, 0.29) is 16.5 Å². The molecule has 0 saturated carbocycles. The highest BCUT2D eigenvalue weighted by Crippen LogP contribution is 2.42. The summed E-state index contributed by atoms with van der Waals surface area (Å²) in [4.78, 5) is 15.2. The largest absolute Gasteiger partial charge is 0.872 e. The first kappa shape index (κ1) is 49.9. The first-order valence-electron chi connectivity index (χ1n) is 23.9. The molecule has 0 amide bonds. The van der Waals surface area contributed by atoms with Crippen LogP contribution in [-0.4, -0.2) is 11.1 Å². The molecule has 324 valence electrons. The summed E-state index contributed by atoms with van der Waals surface area (Å²) in [7, 11) is -0.114. The number of unbranched alkanes of at least 4 members (excludes halogenated alkanes) is 12. The average molecular weight is 821 g/mol. The standard InChI is InChI=1S/C48H75S.C7H6O3/c1-7-13-20-28-40-36-42(30-22-15-9-3)47(43(37-40)31-23-16-10-4)49(46-34-26-19-27-35-46)48-44(32-24-17-11-5)38-41(29-21-14-8-2)39-45(48)33-25-18-12-6;8-6-4-2-1-3-5(6)7(9)10/h19,26-27,34-39H,7-18,20-25,28-33H2,1-6H3;1-4,8H,(H,9,10)/q+1;/p-1. The van der Waals surface area contributed by atoms with Gasteiger partial charge in [0.2, 0.25) is 0 Å². The molecule has 59 heavy (non-hydrogen) atoms. The zero-order valence-corrected chi connectivity index (χ0v) is 39.0. The Morgan fingerprint density at radius 2 is 0.780 bits per heavy atom. The summed E-state index contributed by atoms with van der Waals surface area (Å²) in [5, 5.41) is 19.0. The van der Waals surface area contributed by atoms with E-state index in [0.717, 1.165) is 0 Å². The molecule has 0 spiro atoms. The van der Waals surface area contributed by atoms with Crippen LogP contribution in [0.15, 0.2) is 93.5 Å². The molecule has 0 atom stereocenters. The minimum absolute atomic E-state index is 0.114. The Balaban J connectivity index is 0.000000809. The highest BCUT2D eigenvalue weighted by molar-refractivity contribution is 7.97. The lowest BCUT2D eigenvalue weighted by Crippen LogP contribution is -2.17. The number of aryl methyl sites for hydroxylation is 6. The van der Waals surface area contributed by atoms with Crippen molar-refractivity contribution in [2.75, 3.05) is 0 Å². The summed E-state index contributed by atoms with van der Waals surface area (Å²) in [5.74, 6) is -1.62. The fourth-order valence-electron chi connectivity index (χ4n) is 8.17. The van der Waals surface area contributed by atoms with Crippen LogP contribution in [0.25, 0.3) is 0 Å². The van der Waals surface area contributed by atoms with Gasteiger partial charge in [0.15, 0.2) is 14.7 Å². The third kappa shape index (κ3) is 17.2. The maximum atomic E-state index is 10.7. The number of carboxylic acid groups (broad SMARTS) is 1. The predicted octanol–water partition coefficient (Wildman–Crippen LogP) is 15.6. The number of hydrogen-bond donors (Lipinski definition) is 1. The van der Waals surface area contributed by atoms with Crippen molar-refractivity contribution in [3.63, 3.8) is 0 Å². The van der Waals surface area contributed by atoms with E-state index in [9.17, 15) is 9.90 Å². The van der Waals surface area contributed by atoms with Crippen molar-refractivity contribution in [1.29, 1.82) is 0 Å². The molecule has 4 rings (SSSR count). The van der Waals surface area contributed by atoms with Crippen LogP contribution < -0.4 is 5.11 Å². The summed E-state index contributed by atoms with van der Waals surface area (Å²) in [6, 6.07) is 28.1. The van der Waals surface area contributed by atoms with Crippen molar-refractivity contribution >= 4 is 16.9 Å². The molecule has 3 nitrogen and oxygen atoms in total. The Morgan fingerprint density at radius 3 is 1.08 bits per heavy atom. The second-order valence-electron chi connectivity index (χ2n) is 16.6. The summed E-state index contributed by atoms with van der Waals surface area (Å²) in [6.07, 6.45) is 30.8. The van der Waals surface area contributed by atoms with Crippen molar-refractivity contribution in [1.82, 2.24) is 0 Å². The van der Waals surface area contributed by atoms with Crippen molar-refractivity contribution < 1.29 is 15.0 Å². The second kappa shape index (κ2) is 29.7. The molecule has 0 fully saturated rings. The molecule has 0 bridgehead atoms. The van der Waals surface area contributed by atoms with Gasteiger partial charge in [0.1, 0.15) is 10.9 Å². The molecule has 0 saturated heterocycles. The van der Waals surface area contributed by atoms with E-state index in [0.29, 0.717) is 0 Å². The number of carboxylic acids is 1. The number of carbonyl (C=O) groups is 1. The van der Waals surface area contributed by atoms with E-state index in [2.05, 4.69) is 96.1 Å². The highest BCUT2D eigenvalue weighted by atomic mass is 32.2. The molecule has 0 aliphatic rings. The first-order chi connectivity index (χ1) is 28.8. The van der Waals surface area contributed by atoms with Gasteiger partial charge in [-0.2, -0.15) is 0 Å². The molecule has 4 aromatic carbocycles. The number of aromatic carboxylic acids is 1. The molecule has 0 radical (unpaired) electrons. The molecule has 0 aliphatic heterocycles. The van der Waals surface area contributed by atoms with Gasteiger partial charge in [-0.25, -0.2) is 4.79 Å². The van der Waals surface area contributed by atoms with Crippen LogP contribution in [0, 0.1) is 0 Å². The summed E-state index contributed by atoms with van der Waals surface area (Å²) in [6.45, 7) is 14.1. The van der Waals surface area contributed by atoms with Crippen LogP contribution >= 0.6 is 0 Å². The Bertz CT molecular complexity index is 1600. The zero-order valence-electron chi connectivity index (χ0n) is 38.1. The molecule has 0 heterocycles.